The first-order valence-corrected chi connectivity index (χ1v) is 7.19. The van der Waals surface area contributed by atoms with Crippen molar-refractivity contribution in [1.29, 1.82) is 0 Å². The van der Waals surface area contributed by atoms with Crippen LogP contribution >= 0.6 is 11.8 Å². The summed E-state index contributed by atoms with van der Waals surface area (Å²) in [5.41, 5.74) is 3.18. The predicted molar refractivity (Wildman–Crippen MR) is 78.0 cm³/mol. The van der Waals surface area contributed by atoms with E-state index in [0.717, 1.165) is 16.7 Å². The van der Waals surface area contributed by atoms with Gasteiger partial charge in [0.05, 0.1) is 6.10 Å². The highest BCUT2D eigenvalue weighted by Crippen LogP contribution is 2.28. The van der Waals surface area contributed by atoms with Gasteiger partial charge in [-0.2, -0.15) is 0 Å². The van der Waals surface area contributed by atoms with Gasteiger partial charge in [-0.1, -0.05) is 30.3 Å². The Morgan fingerprint density at radius 3 is 2.58 bits per heavy atom. The molecule has 0 aliphatic rings. The molecule has 3 heteroatoms. The lowest BCUT2D eigenvalue weighted by Gasteiger charge is -2.15. The van der Waals surface area contributed by atoms with Crippen LogP contribution < -0.4 is 0 Å². The van der Waals surface area contributed by atoms with Gasteiger partial charge in [0.1, 0.15) is 5.82 Å². The van der Waals surface area contributed by atoms with E-state index in [0.29, 0.717) is 10.6 Å². The molecule has 1 N–H and O–H groups in total. The second-order valence-electron chi connectivity index (χ2n) is 4.55. The third kappa shape index (κ3) is 3.37. The van der Waals surface area contributed by atoms with Gasteiger partial charge in [-0.25, -0.2) is 4.39 Å². The van der Waals surface area contributed by atoms with Crippen LogP contribution in [0.5, 0.6) is 0 Å². The Bertz CT molecular complexity index is 568. The number of hydrogen-bond donors (Lipinski definition) is 1. The van der Waals surface area contributed by atoms with E-state index >= 15 is 0 Å². The molecule has 0 heterocycles. The van der Waals surface area contributed by atoms with E-state index in [2.05, 4.69) is 0 Å². The molecule has 0 spiro atoms. The first-order chi connectivity index (χ1) is 9.09. The van der Waals surface area contributed by atoms with Gasteiger partial charge in [0, 0.05) is 10.6 Å². The maximum Gasteiger partial charge on any atom is 0.136 e. The molecule has 1 unspecified atom stereocenters. The van der Waals surface area contributed by atoms with Crippen LogP contribution in [0.25, 0.3) is 0 Å². The van der Waals surface area contributed by atoms with Crippen LogP contribution in [0.3, 0.4) is 0 Å². The minimum absolute atomic E-state index is 0.235. The second-order valence-corrected chi connectivity index (χ2v) is 5.61. The van der Waals surface area contributed by atoms with Gasteiger partial charge in [0.25, 0.3) is 0 Å². The summed E-state index contributed by atoms with van der Waals surface area (Å²) in [6.07, 6.45) is -0.579. The Balaban J connectivity index is 2.08. The molecule has 0 aliphatic carbocycles. The van der Waals surface area contributed by atoms with Crippen LogP contribution in [0.1, 0.15) is 22.8 Å². The number of aryl methyl sites for hydroxylation is 1. The van der Waals surface area contributed by atoms with Gasteiger partial charge in [-0.05, 0) is 42.7 Å². The van der Waals surface area contributed by atoms with Gasteiger partial charge in [0.2, 0.25) is 0 Å². The van der Waals surface area contributed by atoms with Crippen molar-refractivity contribution in [3.8, 4) is 0 Å². The van der Waals surface area contributed by atoms with E-state index < -0.39 is 6.10 Å². The summed E-state index contributed by atoms with van der Waals surface area (Å²) >= 11 is 1.34. The molecular formula is C16H17FOS. The van der Waals surface area contributed by atoms with Crippen molar-refractivity contribution in [1.82, 2.24) is 0 Å². The second kappa shape index (κ2) is 6.22. The molecule has 0 saturated heterocycles. The van der Waals surface area contributed by atoms with E-state index in [1.807, 2.05) is 32.0 Å². The Kier molecular flexibility index (Phi) is 4.61. The molecule has 0 aromatic heterocycles. The van der Waals surface area contributed by atoms with Gasteiger partial charge < -0.3 is 5.11 Å². The van der Waals surface area contributed by atoms with E-state index in [1.165, 1.54) is 17.8 Å². The molecule has 0 saturated carbocycles. The molecule has 0 amide bonds. The molecular weight excluding hydrogens is 259 g/mol. The Morgan fingerprint density at radius 1 is 1.11 bits per heavy atom. The topological polar surface area (TPSA) is 20.2 Å². The third-order valence-corrected chi connectivity index (χ3v) is 4.36. The van der Waals surface area contributed by atoms with Crippen molar-refractivity contribution in [3.63, 3.8) is 0 Å². The average Bonchev–Trinajstić information content (AvgIpc) is 2.40. The molecule has 2 aromatic carbocycles. The zero-order chi connectivity index (χ0) is 13.8. The Hall–Kier alpha value is -1.32. The van der Waals surface area contributed by atoms with Crippen LogP contribution in [-0.4, -0.2) is 10.9 Å². The van der Waals surface area contributed by atoms with E-state index in [1.54, 1.807) is 18.2 Å². The lowest BCUT2D eigenvalue weighted by Crippen LogP contribution is -2.04. The lowest BCUT2D eigenvalue weighted by atomic mass is 10.0. The summed E-state index contributed by atoms with van der Waals surface area (Å²) < 4.78 is 13.5. The molecule has 100 valence electrons. The normalized spacial score (nSPS) is 12.4. The molecule has 0 fully saturated rings. The fourth-order valence-electron chi connectivity index (χ4n) is 1.96. The molecule has 19 heavy (non-hydrogen) atoms. The molecule has 1 atom stereocenters. The number of aliphatic hydroxyl groups excluding tert-OH is 1. The standard InChI is InChI=1S/C16H17FOS/c1-11-6-5-7-13(12(11)2)15(18)10-19-16-9-4-3-8-14(16)17/h3-9,15,18H,10H2,1-2H3. The fraction of sp³-hybridized carbons (Fsp3) is 0.250. The van der Waals surface area contributed by atoms with Gasteiger partial charge in [-0.15, -0.1) is 11.8 Å². The fourth-order valence-corrected chi connectivity index (χ4v) is 2.85. The molecule has 2 aromatic rings. The number of aliphatic hydroxyl groups is 1. The van der Waals surface area contributed by atoms with E-state index in [4.69, 9.17) is 0 Å². The van der Waals surface area contributed by atoms with Crippen molar-refractivity contribution in [2.75, 3.05) is 5.75 Å². The smallest absolute Gasteiger partial charge is 0.136 e. The van der Waals surface area contributed by atoms with Gasteiger partial charge in [0.15, 0.2) is 0 Å². The van der Waals surface area contributed by atoms with Gasteiger partial charge in [-0.3, -0.25) is 0 Å². The van der Waals surface area contributed by atoms with E-state index in [9.17, 15) is 9.50 Å². The molecule has 0 bridgehead atoms. The summed E-state index contributed by atoms with van der Waals surface area (Å²) in [6.45, 7) is 4.03. The molecule has 2 rings (SSSR count). The van der Waals surface area contributed by atoms with Crippen LogP contribution in [0.2, 0.25) is 0 Å². The maximum atomic E-state index is 13.5. The SMILES string of the molecule is Cc1cccc(C(O)CSc2ccccc2F)c1C. The zero-order valence-corrected chi connectivity index (χ0v) is 11.9. The number of thioether (sulfide) groups is 1. The minimum Gasteiger partial charge on any atom is -0.388 e. The minimum atomic E-state index is -0.579. The summed E-state index contributed by atoms with van der Waals surface area (Å²) in [6, 6.07) is 12.5. The highest BCUT2D eigenvalue weighted by atomic mass is 32.2. The number of hydrogen-bond acceptors (Lipinski definition) is 2. The molecule has 0 aliphatic heterocycles. The predicted octanol–water partition coefficient (Wildman–Crippen LogP) is 4.27. The van der Waals surface area contributed by atoms with Crippen LogP contribution in [0.15, 0.2) is 47.4 Å². The third-order valence-electron chi connectivity index (χ3n) is 3.24. The first kappa shape index (κ1) is 14.1. The van der Waals surface area contributed by atoms with Crippen molar-refractivity contribution in [3.05, 3.63) is 65.0 Å². The average molecular weight is 276 g/mol. The number of rotatable bonds is 4. The highest BCUT2D eigenvalue weighted by Gasteiger charge is 2.12. The van der Waals surface area contributed by atoms with Crippen LogP contribution in [0.4, 0.5) is 4.39 Å². The molecule has 1 nitrogen and oxygen atoms in total. The number of halogens is 1. The lowest BCUT2D eigenvalue weighted by molar-refractivity contribution is 0.203. The Morgan fingerprint density at radius 2 is 1.84 bits per heavy atom. The number of benzene rings is 2. The summed E-state index contributed by atoms with van der Waals surface area (Å²) in [5.74, 6) is 0.214. The monoisotopic (exact) mass is 276 g/mol. The zero-order valence-electron chi connectivity index (χ0n) is 11.1. The molecule has 0 radical (unpaired) electrons. The summed E-state index contributed by atoms with van der Waals surface area (Å²) in [7, 11) is 0. The quantitative estimate of drug-likeness (QED) is 0.842. The van der Waals surface area contributed by atoms with Crippen LogP contribution in [-0.2, 0) is 0 Å². The van der Waals surface area contributed by atoms with Crippen LogP contribution in [0, 0.1) is 19.7 Å². The Labute approximate surface area is 117 Å². The van der Waals surface area contributed by atoms with E-state index in [-0.39, 0.29) is 5.82 Å². The first-order valence-electron chi connectivity index (χ1n) is 6.21. The highest BCUT2D eigenvalue weighted by molar-refractivity contribution is 7.99. The van der Waals surface area contributed by atoms with Crippen molar-refractivity contribution < 1.29 is 9.50 Å². The summed E-state index contributed by atoms with van der Waals surface area (Å²) in [4.78, 5) is 0.576. The van der Waals surface area contributed by atoms with Crippen molar-refractivity contribution in [2.24, 2.45) is 0 Å². The largest absolute Gasteiger partial charge is 0.388 e. The summed E-state index contributed by atoms with van der Waals surface area (Å²) in [5, 5.41) is 10.2. The maximum absolute atomic E-state index is 13.5. The van der Waals surface area contributed by atoms with Gasteiger partial charge >= 0.3 is 0 Å². The van der Waals surface area contributed by atoms with Crippen molar-refractivity contribution in [2.45, 2.75) is 24.8 Å². The van der Waals surface area contributed by atoms with Crippen molar-refractivity contribution >= 4 is 11.8 Å².